The second kappa shape index (κ2) is 23.2. The summed E-state index contributed by atoms with van der Waals surface area (Å²) in [7, 11) is 3.38. The van der Waals surface area contributed by atoms with Crippen molar-refractivity contribution < 1.29 is 72.1 Å². The molecule has 3 amide bonds. The summed E-state index contributed by atoms with van der Waals surface area (Å²) in [5, 5.41) is 43.9. The lowest BCUT2D eigenvalue weighted by Gasteiger charge is -2.23. The average Bonchev–Trinajstić information content (AvgIpc) is 1.97. The minimum absolute atomic E-state index is 0.0131. The maximum atomic E-state index is 13.9. The number of rotatable bonds is 11. The van der Waals surface area contributed by atoms with Crippen molar-refractivity contribution in [3.05, 3.63) is 165 Å². The fourth-order valence-corrected chi connectivity index (χ4v) is 12.1. The Morgan fingerprint density at radius 2 is 1.02 bits per heavy atom. The van der Waals surface area contributed by atoms with E-state index in [0.29, 0.717) is 67.0 Å². The number of anilines is 2. The summed E-state index contributed by atoms with van der Waals surface area (Å²) < 4.78 is 51.4. The second-order valence-electron chi connectivity index (χ2n) is 19.9. The lowest BCUT2D eigenvalue weighted by molar-refractivity contribution is -0.132. The molecule has 0 spiro atoms. The number of Topliss-reactive ketones (excluding diaryl/α,β-unsaturated/α-hetero) is 2. The summed E-state index contributed by atoms with van der Waals surface area (Å²) in [5.74, 6) is -3.63. The summed E-state index contributed by atoms with van der Waals surface area (Å²) in [4.78, 5) is 76.3. The maximum absolute atomic E-state index is 13.9. The zero-order chi connectivity index (χ0) is 59.1. The highest BCUT2D eigenvalue weighted by atomic mass is 32.1. The van der Waals surface area contributed by atoms with Crippen molar-refractivity contribution >= 4 is 94.7 Å². The molecule has 6 aromatic carbocycles. The molecular formula is C61H53F2N5O13S2. The van der Waals surface area contributed by atoms with Gasteiger partial charge < -0.3 is 44.3 Å². The number of amides is 3. The number of phenolic OH excluding ortho intramolecular Hbond substituents is 2. The number of hydrogen-bond donors (Lipinski definition) is 4. The summed E-state index contributed by atoms with van der Waals surface area (Å²) in [6.45, 7) is 7.95. The highest BCUT2D eigenvalue weighted by Crippen LogP contribution is 2.49. The van der Waals surface area contributed by atoms with Crippen LogP contribution in [0.4, 0.5) is 19.0 Å². The molecule has 4 atom stereocenters. The first-order chi connectivity index (χ1) is 39.8. The van der Waals surface area contributed by atoms with Gasteiger partial charge in [0.15, 0.2) is 33.3 Å². The zero-order valence-corrected chi connectivity index (χ0v) is 47.0. The van der Waals surface area contributed by atoms with Crippen LogP contribution in [0.3, 0.4) is 0 Å². The van der Waals surface area contributed by atoms with Gasteiger partial charge in [0.05, 0.1) is 56.9 Å². The van der Waals surface area contributed by atoms with Crippen LogP contribution in [0.15, 0.2) is 120 Å². The number of aliphatic hydroxyl groups excluding tert-OH is 2. The molecule has 0 radical (unpaired) electrons. The van der Waals surface area contributed by atoms with Gasteiger partial charge in [-0.05, 0) is 147 Å². The van der Waals surface area contributed by atoms with Crippen molar-refractivity contribution in [3.8, 4) is 34.5 Å². The van der Waals surface area contributed by atoms with Crippen molar-refractivity contribution in [1.82, 2.24) is 14.9 Å². The summed E-state index contributed by atoms with van der Waals surface area (Å²) >= 11 is 2.11. The Labute approximate surface area is 481 Å². The highest BCUT2D eigenvalue weighted by molar-refractivity contribution is 7.22. The lowest BCUT2D eigenvalue weighted by atomic mass is 9.94. The standard InChI is InChI=1S/2C29H23FN2O6S.C3H7NO/c2*1-3-37-22-12-15(4-8-20(22)33)25-24(26(34)16-5-9-21-17(11-16)10-14(2)38-21)27(35)28(36)32(25)29-31-19-7-6-18(30)13-23(19)39-29;1-4(2)3-5/h2*4-9,11-14,25,33-34H,3,10H2,1-2H3;3H,1-2H3/b2*26-24+;. The second-order valence-corrected chi connectivity index (χ2v) is 21.9. The predicted molar refractivity (Wildman–Crippen MR) is 307 cm³/mol. The molecule has 4 aliphatic rings. The molecule has 18 nitrogen and oxygen atoms in total. The molecule has 83 heavy (non-hydrogen) atoms. The van der Waals surface area contributed by atoms with E-state index in [2.05, 4.69) is 9.97 Å². The molecule has 0 bridgehead atoms. The number of nitrogens with zero attached hydrogens (tertiary/aromatic N) is 5. The normalized spacial score (nSPS) is 19.1. The van der Waals surface area contributed by atoms with E-state index < -0.39 is 47.1 Å². The van der Waals surface area contributed by atoms with Gasteiger partial charge in [0.1, 0.15) is 46.9 Å². The molecule has 0 saturated carbocycles. The molecule has 6 heterocycles. The lowest BCUT2D eigenvalue weighted by Crippen LogP contribution is -2.29. The van der Waals surface area contributed by atoms with E-state index in [0.717, 1.165) is 40.2 Å². The van der Waals surface area contributed by atoms with Crippen molar-refractivity contribution in [1.29, 1.82) is 0 Å². The minimum atomic E-state index is -1.08. The summed E-state index contributed by atoms with van der Waals surface area (Å²) in [6.07, 6.45) is 2.01. The molecule has 22 heteroatoms. The number of benzene rings is 6. The molecule has 4 unspecified atom stereocenters. The van der Waals surface area contributed by atoms with E-state index in [9.17, 15) is 53.2 Å². The number of fused-ring (bicyclic) bond motifs is 4. The van der Waals surface area contributed by atoms with E-state index in [1.54, 1.807) is 76.5 Å². The molecule has 2 saturated heterocycles. The van der Waals surface area contributed by atoms with Gasteiger partial charge in [-0.15, -0.1) is 0 Å². The van der Waals surface area contributed by atoms with E-state index in [1.807, 2.05) is 13.8 Å². The fraction of sp³-hybridized carbons (Fsp3) is 0.230. The van der Waals surface area contributed by atoms with Crippen molar-refractivity contribution in [3.63, 3.8) is 0 Å². The number of halogens is 2. The van der Waals surface area contributed by atoms with Gasteiger partial charge in [0, 0.05) is 38.1 Å². The van der Waals surface area contributed by atoms with Crippen LogP contribution in [-0.2, 0) is 36.8 Å². The van der Waals surface area contributed by atoms with Crippen LogP contribution in [0, 0.1) is 11.6 Å². The molecular weight excluding hydrogens is 1110 g/mol. The van der Waals surface area contributed by atoms with Crippen molar-refractivity contribution in [2.75, 3.05) is 37.1 Å². The number of carbonyl (C=O) groups excluding carboxylic acids is 5. The van der Waals surface area contributed by atoms with E-state index in [-0.39, 0.29) is 81.3 Å². The van der Waals surface area contributed by atoms with E-state index in [4.69, 9.17) is 18.9 Å². The number of thiazole rings is 2. The first-order valence-electron chi connectivity index (χ1n) is 26.1. The molecule has 4 aliphatic heterocycles. The van der Waals surface area contributed by atoms with Crippen LogP contribution in [0.25, 0.3) is 32.0 Å². The third kappa shape index (κ3) is 11.1. The minimum Gasteiger partial charge on any atom is -0.507 e. The number of aliphatic hydroxyl groups is 2. The predicted octanol–water partition coefficient (Wildman–Crippen LogP) is 10.7. The Morgan fingerprint density at radius 1 is 0.627 bits per heavy atom. The Kier molecular flexibility index (Phi) is 15.9. The first kappa shape index (κ1) is 56.8. The number of aromatic hydroxyl groups is 2. The van der Waals surface area contributed by atoms with Crippen LogP contribution in [0.5, 0.6) is 34.5 Å². The molecule has 8 aromatic rings. The van der Waals surface area contributed by atoms with Crippen LogP contribution >= 0.6 is 22.7 Å². The van der Waals surface area contributed by atoms with Gasteiger partial charge in [0.2, 0.25) is 6.41 Å². The summed E-state index contributed by atoms with van der Waals surface area (Å²) in [6, 6.07) is 25.2. The van der Waals surface area contributed by atoms with Gasteiger partial charge in [-0.3, -0.25) is 33.8 Å². The third-order valence-electron chi connectivity index (χ3n) is 13.7. The Bertz CT molecular complexity index is 3760. The number of phenols is 2. The zero-order valence-electron chi connectivity index (χ0n) is 45.4. The van der Waals surface area contributed by atoms with Crippen LogP contribution in [-0.4, -0.2) is 105 Å². The van der Waals surface area contributed by atoms with Gasteiger partial charge in [-0.1, -0.05) is 34.8 Å². The Morgan fingerprint density at radius 3 is 1.40 bits per heavy atom. The highest BCUT2D eigenvalue weighted by Gasteiger charge is 2.50. The number of hydrogen-bond acceptors (Lipinski definition) is 17. The van der Waals surface area contributed by atoms with Gasteiger partial charge in [-0.2, -0.15) is 0 Å². The fourth-order valence-electron chi connectivity index (χ4n) is 10.1. The number of ketones is 2. The molecule has 2 fully saturated rings. The van der Waals surface area contributed by atoms with Crippen molar-refractivity contribution in [2.45, 2.75) is 64.8 Å². The molecule has 2 aromatic heterocycles. The molecule has 426 valence electrons. The molecule has 0 aliphatic carbocycles. The van der Waals surface area contributed by atoms with Crippen LogP contribution < -0.4 is 28.7 Å². The smallest absolute Gasteiger partial charge is 0.301 e. The average molecular weight is 1170 g/mol. The van der Waals surface area contributed by atoms with E-state index in [1.165, 1.54) is 75.4 Å². The monoisotopic (exact) mass is 1170 g/mol. The number of ether oxygens (including phenoxy) is 4. The van der Waals surface area contributed by atoms with Crippen LogP contribution in [0.1, 0.15) is 73.2 Å². The molecule has 4 N–H and O–H groups in total. The Balaban J connectivity index is 0.000000172. The first-order valence-corrected chi connectivity index (χ1v) is 27.8. The third-order valence-corrected chi connectivity index (χ3v) is 15.8. The molecule has 12 rings (SSSR count). The van der Waals surface area contributed by atoms with Crippen LogP contribution in [0.2, 0.25) is 0 Å². The summed E-state index contributed by atoms with van der Waals surface area (Å²) in [5.41, 5.74) is 3.99. The van der Waals surface area contributed by atoms with Gasteiger partial charge >= 0.3 is 11.8 Å². The SMILES string of the molecule is CCOc1cc(C2/C(=C(\O)c3ccc4c(c3)CC(C)O4)C(=O)C(=O)N2c2nc3ccc(F)cc3s2)ccc1O.CCOc1cc(C2/C(=C(\O)c3ccc4c(c3)CC(C)O4)C(=O)C(=O)N2c2nc3ccc(F)cc3s2)ccc1O.CN(C)C=O. The quantitative estimate of drug-likeness (QED) is 0.0408. The van der Waals surface area contributed by atoms with Gasteiger partial charge in [0.25, 0.3) is 11.6 Å². The maximum Gasteiger partial charge on any atom is 0.301 e. The number of aromatic nitrogens is 2. The van der Waals surface area contributed by atoms with E-state index >= 15 is 0 Å². The van der Waals surface area contributed by atoms with Crippen molar-refractivity contribution in [2.24, 2.45) is 0 Å². The topological polar surface area (TPSA) is 239 Å². The van der Waals surface area contributed by atoms with Gasteiger partial charge in [-0.25, -0.2) is 18.7 Å². The Hall–Kier alpha value is -9.41. The largest absolute Gasteiger partial charge is 0.507 e. The number of carbonyl (C=O) groups is 5.